The molecule has 1 aromatic carbocycles. The summed E-state index contributed by atoms with van der Waals surface area (Å²) in [6.45, 7) is 7.93. The SMILES string of the molecule is CC(C)[C@@]1(O)CN(C(=O)C2(c3ccc(F)cc3)CCOCC2)C[C@@H]1C. The van der Waals surface area contributed by atoms with Crippen LogP contribution >= 0.6 is 0 Å². The Hall–Kier alpha value is -1.46. The fraction of sp³-hybridized carbons (Fsp3) is 0.650. The van der Waals surface area contributed by atoms with Crippen molar-refractivity contribution >= 4 is 5.91 Å². The van der Waals surface area contributed by atoms with Crippen LogP contribution in [0.15, 0.2) is 24.3 Å². The van der Waals surface area contributed by atoms with Crippen LogP contribution in [0.5, 0.6) is 0 Å². The second kappa shape index (κ2) is 6.69. The Balaban J connectivity index is 1.92. The molecule has 0 saturated carbocycles. The highest BCUT2D eigenvalue weighted by molar-refractivity contribution is 5.89. The van der Waals surface area contributed by atoms with Crippen molar-refractivity contribution in [3.8, 4) is 0 Å². The number of carbonyl (C=O) groups is 1. The maximum absolute atomic E-state index is 13.5. The first-order valence-corrected chi connectivity index (χ1v) is 9.15. The zero-order valence-corrected chi connectivity index (χ0v) is 15.3. The van der Waals surface area contributed by atoms with Crippen LogP contribution in [0.2, 0.25) is 0 Å². The molecule has 2 aliphatic heterocycles. The number of hydrogen-bond acceptors (Lipinski definition) is 3. The number of aliphatic hydroxyl groups is 1. The highest BCUT2D eigenvalue weighted by atomic mass is 19.1. The minimum Gasteiger partial charge on any atom is -0.387 e. The Labute approximate surface area is 149 Å². The van der Waals surface area contributed by atoms with Crippen molar-refractivity contribution in [3.05, 3.63) is 35.6 Å². The highest BCUT2D eigenvalue weighted by Gasteiger charge is 2.51. The van der Waals surface area contributed by atoms with Crippen LogP contribution in [0.4, 0.5) is 4.39 Å². The number of likely N-dealkylation sites (tertiary alicyclic amines) is 1. The fourth-order valence-corrected chi connectivity index (χ4v) is 4.34. The van der Waals surface area contributed by atoms with E-state index in [4.69, 9.17) is 4.74 Å². The molecule has 0 aromatic heterocycles. The van der Waals surface area contributed by atoms with Crippen LogP contribution in [0.1, 0.15) is 39.2 Å². The highest BCUT2D eigenvalue weighted by Crippen LogP contribution is 2.41. The average molecular weight is 349 g/mol. The van der Waals surface area contributed by atoms with E-state index in [-0.39, 0.29) is 23.6 Å². The number of amides is 1. The summed E-state index contributed by atoms with van der Waals surface area (Å²) in [6, 6.07) is 6.26. The van der Waals surface area contributed by atoms with E-state index in [0.29, 0.717) is 39.1 Å². The second-order valence-corrected chi connectivity index (χ2v) is 7.93. The molecule has 4 nitrogen and oxygen atoms in total. The van der Waals surface area contributed by atoms with Gasteiger partial charge < -0.3 is 14.7 Å². The molecular formula is C20H28FNO3. The monoisotopic (exact) mass is 349 g/mol. The van der Waals surface area contributed by atoms with Crippen molar-refractivity contribution in [1.29, 1.82) is 0 Å². The van der Waals surface area contributed by atoms with Crippen molar-refractivity contribution in [2.75, 3.05) is 26.3 Å². The molecule has 2 heterocycles. The van der Waals surface area contributed by atoms with Gasteiger partial charge in [-0.3, -0.25) is 4.79 Å². The molecule has 1 amide bonds. The summed E-state index contributed by atoms with van der Waals surface area (Å²) >= 11 is 0. The smallest absolute Gasteiger partial charge is 0.233 e. The van der Waals surface area contributed by atoms with Crippen molar-refractivity contribution in [1.82, 2.24) is 4.90 Å². The van der Waals surface area contributed by atoms with Gasteiger partial charge in [-0.1, -0.05) is 32.9 Å². The zero-order valence-electron chi connectivity index (χ0n) is 15.3. The topological polar surface area (TPSA) is 49.8 Å². The third-order valence-corrected chi connectivity index (χ3v) is 6.23. The quantitative estimate of drug-likeness (QED) is 0.913. The molecule has 3 rings (SSSR count). The summed E-state index contributed by atoms with van der Waals surface area (Å²) in [6.07, 6.45) is 1.17. The Morgan fingerprint density at radius 1 is 1.28 bits per heavy atom. The Bertz CT molecular complexity index is 624. The van der Waals surface area contributed by atoms with Crippen molar-refractivity contribution in [3.63, 3.8) is 0 Å². The predicted octanol–water partition coefficient (Wildman–Crippen LogP) is 2.74. The van der Waals surface area contributed by atoms with Gasteiger partial charge >= 0.3 is 0 Å². The third kappa shape index (κ3) is 3.08. The van der Waals surface area contributed by atoms with E-state index in [1.54, 1.807) is 17.0 Å². The van der Waals surface area contributed by atoms with Crippen LogP contribution in [-0.4, -0.2) is 47.8 Å². The van der Waals surface area contributed by atoms with Crippen LogP contribution in [0.3, 0.4) is 0 Å². The van der Waals surface area contributed by atoms with Gasteiger partial charge in [0.15, 0.2) is 0 Å². The number of rotatable bonds is 3. The lowest BCUT2D eigenvalue weighted by atomic mass is 9.73. The molecule has 138 valence electrons. The summed E-state index contributed by atoms with van der Waals surface area (Å²) in [7, 11) is 0. The zero-order chi connectivity index (χ0) is 18.2. The largest absolute Gasteiger partial charge is 0.387 e. The summed E-state index contributed by atoms with van der Waals surface area (Å²) < 4.78 is 18.9. The van der Waals surface area contributed by atoms with E-state index in [9.17, 15) is 14.3 Å². The van der Waals surface area contributed by atoms with Crippen molar-refractivity contribution in [2.45, 2.75) is 44.6 Å². The number of halogens is 1. The number of nitrogens with zero attached hydrogens (tertiary/aromatic N) is 1. The average Bonchev–Trinajstić information content (AvgIpc) is 2.92. The second-order valence-electron chi connectivity index (χ2n) is 7.93. The lowest BCUT2D eigenvalue weighted by molar-refractivity contribution is -0.141. The third-order valence-electron chi connectivity index (χ3n) is 6.23. The fourth-order valence-electron chi connectivity index (χ4n) is 4.34. The van der Waals surface area contributed by atoms with Crippen LogP contribution in [0.25, 0.3) is 0 Å². The van der Waals surface area contributed by atoms with E-state index < -0.39 is 11.0 Å². The van der Waals surface area contributed by atoms with Crippen LogP contribution < -0.4 is 0 Å². The minimum atomic E-state index is -0.856. The van der Waals surface area contributed by atoms with E-state index >= 15 is 0 Å². The maximum atomic E-state index is 13.5. The number of β-amino-alcohol motifs (C(OH)–C–C–N with tert-alkyl or cyclic N) is 1. The molecule has 1 N–H and O–H groups in total. The molecular weight excluding hydrogens is 321 g/mol. The Morgan fingerprint density at radius 2 is 1.88 bits per heavy atom. The molecule has 2 atom stereocenters. The molecule has 0 bridgehead atoms. The van der Waals surface area contributed by atoms with E-state index in [2.05, 4.69) is 0 Å². The van der Waals surface area contributed by atoms with Gasteiger partial charge in [-0.25, -0.2) is 4.39 Å². The normalized spacial score (nSPS) is 29.2. The Kier molecular flexibility index (Phi) is 4.91. The number of ether oxygens (including phenoxy) is 1. The van der Waals surface area contributed by atoms with Gasteiger partial charge in [0.25, 0.3) is 0 Å². The van der Waals surface area contributed by atoms with E-state index in [1.165, 1.54) is 12.1 Å². The van der Waals surface area contributed by atoms with E-state index in [0.717, 1.165) is 5.56 Å². The van der Waals surface area contributed by atoms with Crippen LogP contribution in [0, 0.1) is 17.7 Å². The van der Waals surface area contributed by atoms with Gasteiger partial charge in [-0.15, -0.1) is 0 Å². The molecule has 0 unspecified atom stereocenters. The molecule has 2 fully saturated rings. The van der Waals surface area contributed by atoms with Crippen molar-refractivity contribution in [2.24, 2.45) is 11.8 Å². The lowest BCUT2D eigenvalue weighted by Crippen LogP contribution is -2.50. The summed E-state index contributed by atoms with van der Waals surface area (Å²) in [5, 5.41) is 11.0. The van der Waals surface area contributed by atoms with Crippen LogP contribution in [-0.2, 0) is 14.9 Å². The molecule has 0 spiro atoms. The van der Waals surface area contributed by atoms with Gasteiger partial charge in [0.2, 0.25) is 5.91 Å². The first kappa shape index (κ1) is 18.3. The standard InChI is InChI=1S/C20H28FNO3/c1-14(2)20(24)13-22(12-15(20)3)18(23)19(8-10-25-11-9-19)16-4-6-17(21)7-5-16/h4-7,14-15,24H,8-13H2,1-3H3/t15-,20-/m0/s1. The first-order chi connectivity index (χ1) is 11.8. The molecule has 2 aliphatic rings. The van der Waals surface area contributed by atoms with E-state index in [1.807, 2.05) is 20.8 Å². The number of hydrogen-bond donors (Lipinski definition) is 1. The summed E-state index contributed by atoms with van der Waals surface area (Å²) in [4.78, 5) is 15.3. The molecule has 25 heavy (non-hydrogen) atoms. The van der Waals surface area contributed by atoms with Gasteiger partial charge in [0, 0.05) is 32.2 Å². The summed E-state index contributed by atoms with van der Waals surface area (Å²) in [5.41, 5.74) is -0.700. The molecule has 0 aliphatic carbocycles. The van der Waals surface area contributed by atoms with Gasteiger partial charge in [0.05, 0.1) is 11.0 Å². The predicted molar refractivity (Wildman–Crippen MR) is 93.7 cm³/mol. The Morgan fingerprint density at radius 3 is 2.40 bits per heavy atom. The first-order valence-electron chi connectivity index (χ1n) is 9.15. The molecule has 1 aromatic rings. The molecule has 5 heteroatoms. The summed E-state index contributed by atoms with van der Waals surface area (Å²) in [5.74, 6) is -0.161. The van der Waals surface area contributed by atoms with Crippen molar-refractivity contribution < 1.29 is 19.0 Å². The number of benzene rings is 1. The molecule has 2 saturated heterocycles. The van der Waals surface area contributed by atoms with Gasteiger partial charge in [0.1, 0.15) is 5.82 Å². The molecule has 0 radical (unpaired) electrons. The number of carbonyl (C=O) groups excluding carboxylic acids is 1. The maximum Gasteiger partial charge on any atom is 0.233 e. The van der Waals surface area contributed by atoms with Gasteiger partial charge in [-0.2, -0.15) is 0 Å². The van der Waals surface area contributed by atoms with Gasteiger partial charge in [-0.05, 0) is 36.5 Å². The minimum absolute atomic E-state index is 0.0292. The lowest BCUT2D eigenvalue weighted by Gasteiger charge is -2.39.